The van der Waals surface area contributed by atoms with Crippen LogP contribution < -0.4 is 20.7 Å². The molecule has 0 radical (unpaired) electrons. The molecule has 3 aromatic rings. The van der Waals surface area contributed by atoms with E-state index in [1.54, 1.807) is 6.07 Å². The van der Waals surface area contributed by atoms with Crippen LogP contribution in [0.25, 0.3) is 10.9 Å². The van der Waals surface area contributed by atoms with Gasteiger partial charge < -0.3 is 30.4 Å². The topological polar surface area (TPSA) is 125 Å². The minimum atomic E-state index is -1.14. The van der Waals surface area contributed by atoms with E-state index in [0.29, 0.717) is 31.7 Å². The maximum Gasteiger partial charge on any atom is 0.414 e. The number of nitrogens with one attached hydrogen (secondary N) is 4. The minimum absolute atomic E-state index is 0.238. The van der Waals surface area contributed by atoms with Crippen molar-refractivity contribution in [3.63, 3.8) is 0 Å². The third-order valence-electron chi connectivity index (χ3n) is 7.90. The predicted molar refractivity (Wildman–Crippen MR) is 156 cm³/mol. The van der Waals surface area contributed by atoms with Gasteiger partial charge in [-0.3, -0.25) is 14.5 Å². The largest absolute Gasteiger partial charge is 0.414 e. The molecule has 5 rings (SSSR count). The highest BCUT2D eigenvalue weighted by molar-refractivity contribution is 5.94. The molecule has 218 valence electrons. The Kier molecular flexibility index (Phi) is 9.53. The van der Waals surface area contributed by atoms with Crippen LogP contribution in [-0.4, -0.2) is 78.8 Å². The fourth-order valence-corrected chi connectivity index (χ4v) is 5.63. The maximum atomic E-state index is 13.7. The van der Waals surface area contributed by atoms with Crippen molar-refractivity contribution in [2.45, 2.75) is 50.1 Å². The smallest absolute Gasteiger partial charge is 0.393 e. The molecule has 1 aliphatic carbocycles. The fourth-order valence-electron chi connectivity index (χ4n) is 5.63. The molecule has 1 unspecified atom stereocenters. The third kappa shape index (κ3) is 7.65. The number of para-hydroxylation sites is 1. The van der Waals surface area contributed by atoms with Crippen LogP contribution in [0, 0.1) is 0 Å². The molecule has 1 saturated carbocycles. The fraction of sp³-hybridized carbons (Fsp3) is 0.452. The highest BCUT2D eigenvalue weighted by atomic mass is 16.6. The first-order valence-corrected chi connectivity index (χ1v) is 14.5. The van der Waals surface area contributed by atoms with Crippen LogP contribution in [0.15, 0.2) is 60.7 Å². The van der Waals surface area contributed by atoms with Gasteiger partial charge in [0.1, 0.15) is 11.6 Å². The first kappa shape index (κ1) is 28.6. The molecule has 2 aromatic carbocycles. The maximum absolute atomic E-state index is 13.7. The van der Waals surface area contributed by atoms with Gasteiger partial charge >= 0.3 is 6.09 Å². The molecule has 0 spiro atoms. The van der Waals surface area contributed by atoms with Crippen LogP contribution in [0.2, 0.25) is 0 Å². The summed E-state index contributed by atoms with van der Waals surface area (Å²) in [4.78, 5) is 45.4. The summed E-state index contributed by atoms with van der Waals surface area (Å²) in [6.07, 6.45) is 2.97. The lowest BCUT2D eigenvalue weighted by atomic mass is 9.95. The monoisotopic (exact) mass is 561 g/mol. The minimum Gasteiger partial charge on any atom is -0.393 e. The molecule has 4 N–H and O–H groups in total. The number of carbonyl (C=O) groups is 3. The summed E-state index contributed by atoms with van der Waals surface area (Å²) in [6, 6.07) is 18.2. The Labute approximate surface area is 240 Å². The van der Waals surface area contributed by atoms with Crippen LogP contribution >= 0.6 is 0 Å². The van der Waals surface area contributed by atoms with E-state index >= 15 is 0 Å². The van der Waals surface area contributed by atoms with Crippen molar-refractivity contribution in [1.29, 1.82) is 0 Å². The van der Waals surface area contributed by atoms with Crippen molar-refractivity contribution >= 4 is 28.8 Å². The number of carbonyl (C=O) groups excluding carboxylic acids is 3. The van der Waals surface area contributed by atoms with Crippen LogP contribution in [0.3, 0.4) is 0 Å². The van der Waals surface area contributed by atoms with Gasteiger partial charge in [-0.05, 0) is 37.4 Å². The number of rotatable bonds is 11. The van der Waals surface area contributed by atoms with Crippen molar-refractivity contribution in [1.82, 2.24) is 25.8 Å². The lowest BCUT2D eigenvalue weighted by Crippen LogP contribution is -2.61. The summed E-state index contributed by atoms with van der Waals surface area (Å²) in [7, 11) is 0. The molecule has 10 heteroatoms. The Balaban J connectivity index is 1.22. The summed E-state index contributed by atoms with van der Waals surface area (Å²) in [5, 5.41) is 9.74. The number of hydrogen-bond donors (Lipinski definition) is 4. The lowest BCUT2D eigenvalue weighted by Gasteiger charge is -2.30. The average molecular weight is 562 g/mol. The standard InChI is InChI=1S/C31H39N5O5/c37-28(32-15-8-16-36-17-19-40-20-18-36)26(21-23-9-2-1-3-10-23)34-29(38)31(13-6-7-14-31)35-30(39)41-27-22-24-11-4-5-12-25(24)33-27/h1-5,9-12,22,26,33H,6-8,13-21H2,(H,32,37)(H,34,38)(H,35,39). The van der Waals surface area contributed by atoms with E-state index in [0.717, 1.165) is 68.6 Å². The van der Waals surface area contributed by atoms with Crippen molar-refractivity contribution in [3.05, 3.63) is 66.2 Å². The molecule has 1 saturated heterocycles. The van der Waals surface area contributed by atoms with E-state index in [4.69, 9.17) is 9.47 Å². The Morgan fingerprint density at radius 3 is 2.49 bits per heavy atom. The first-order chi connectivity index (χ1) is 20.0. The quantitative estimate of drug-likeness (QED) is 0.267. The van der Waals surface area contributed by atoms with Crippen LogP contribution in [-0.2, 0) is 20.7 Å². The molecule has 0 bridgehead atoms. The van der Waals surface area contributed by atoms with Crippen LogP contribution in [0.5, 0.6) is 5.88 Å². The number of hydrogen-bond acceptors (Lipinski definition) is 6. The number of ether oxygens (including phenoxy) is 2. The van der Waals surface area contributed by atoms with E-state index in [2.05, 4.69) is 25.8 Å². The van der Waals surface area contributed by atoms with Gasteiger partial charge in [0.25, 0.3) is 0 Å². The Hall–Kier alpha value is -3.89. The van der Waals surface area contributed by atoms with E-state index in [1.165, 1.54) is 0 Å². The van der Waals surface area contributed by atoms with E-state index in [9.17, 15) is 14.4 Å². The number of H-pyrrole nitrogens is 1. The zero-order valence-corrected chi connectivity index (χ0v) is 23.3. The molecule has 1 aromatic heterocycles. The van der Waals surface area contributed by atoms with Gasteiger partial charge in [-0.1, -0.05) is 61.4 Å². The van der Waals surface area contributed by atoms with E-state index in [-0.39, 0.29) is 11.8 Å². The molecule has 1 aliphatic heterocycles. The number of morpholine rings is 1. The number of fused-ring (bicyclic) bond motifs is 1. The Morgan fingerprint density at radius 2 is 1.73 bits per heavy atom. The second-order valence-corrected chi connectivity index (χ2v) is 10.8. The van der Waals surface area contributed by atoms with Gasteiger partial charge in [-0.15, -0.1) is 0 Å². The van der Waals surface area contributed by atoms with E-state index < -0.39 is 17.7 Å². The zero-order valence-electron chi connectivity index (χ0n) is 23.3. The van der Waals surface area contributed by atoms with Crippen molar-refractivity contribution in [3.8, 4) is 5.88 Å². The molecule has 2 heterocycles. The summed E-state index contributed by atoms with van der Waals surface area (Å²) in [5.41, 5.74) is 0.644. The van der Waals surface area contributed by atoms with Gasteiger partial charge in [0.2, 0.25) is 17.7 Å². The third-order valence-corrected chi connectivity index (χ3v) is 7.90. The predicted octanol–water partition coefficient (Wildman–Crippen LogP) is 3.14. The molecule has 41 heavy (non-hydrogen) atoms. The van der Waals surface area contributed by atoms with Crippen molar-refractivity contribution < 1.29 is 23.9 Å². The van der Waals surface area contributed by atoms with Crippen molar-refractivity contribution in [2.24, 2.45) is 0 Å². The zero-order chi connectivity index (χ0) is 28.5. The SMILES string of the molecule is O=C(NC1(C(=O)NC(Cc2ccccc2)C(=O)NCCCN2CCOCC2)CCCC1)Oc1cc2ccccc2[nH]1. The number of aromatic nitrogens is 1. The summed E-state index contributed by atoms with van der Waals surface area (Å²) in [5.74, 6) is -0.304. The summed E-state index contributed by atoms with van der Waals surface area (Å²) < 4.78 is 10.9. The highest BCUT2D eigenvalue weighted by Gasteiger charge is 2.44. The summed E-state index contributed by atoms with van der Waals surface area (Å²) in [6.45, 7) is 4.67. The number of aromatic amines is 1. The van der Waals surface area contributed by atoms with Gasteiger partial charge in [0.05, 0.1) is 13.2 Å². The van der Waals surface area contributed by atoms with Crippen LogP contribution in [0.4, 0.5) is 4.79 Å². The Bertz CT molecular complexity index is 1280. The molecular weight excluding hydrogens is 522 g/mol. The van der Waals surface area contributed by atoms with Crippen molar-refractivity contribution in [2.75, 3.05) is 39.4 Å². The highest BCUT2D eigenvalue weighted by Crippen LogP contribution is 2.31. The first-order valence-electron chi connectivity index (χ1n) is 14.5. The second kappa shape index (κ2) is 13.6. The number of benzene rings is 2. The lowest BCUT2D eigenvalue weighted by molar-refractivity contribution is -0.132. The molecule has 3 amide bonds. The number of nitrogens with zero attached hydrogens (tertiary/aromatic N) is 1. The average Bonchev–Trinajstić information content (AvgIpc) is 3.63. The molecule has 2 aliphatic rings. The van der Waals surface area contributed by atoms with Gasteiger partial charge in [-0.2, -0.15) is 0 Å². The molecule has 2 fully saturated rings. The second-order valence-electron chi connectivity index (χ2n) is 10.8. The van der Waals surface area contributed by atoms with Gasteiger partial charge in [0.15, 0.2) is 0 Å². The summed E-state index contributed by atoms with van der Waals surface area (Å²) >= 11 is 0. The number of amides is 3. The van der Waals surface area contributed by atoms with Crippen LogP contribution in [0.1, 0.15) is 37.7 Å². The normalized spacial score (nSPS) is 17.6. The molecular formula is C31H39N5O5. The van der Waals surface area contributed by atoms with E-state index in [1.807, 2.05) is 54.6 Å². The Morgan fingerprint density at radius 1 is 1.00 bits per heavy atom. The molecule has 1 atom stereocenters. The van der Waals surface area contributed by atoms with Gasteiger partial charge in [0, 0.05) is 43.0 Å². The molecule has 10 nitrogen and oxygen atoms in total. The van der Waals surface area contributed by atoms with Gasteiger partial charge in [-0.25, -0.2) is 4.79 Å².